The molecule has 1 unspecified atom stereocenters. The number of rotatable bonds is 4. The molecule has 2 atom stereocenters. The third-order valence-corrected chi connectivity index (χ3v) is 5.69. The number of carbonyl (C=O) groups is 1. The minimum atomic E-state index is -0.229. The summed E-state index contributed by atoms with van der Waals surface area (Å²) in [4.78, 5) is 14.7. The van der Waals surface area contributed by atoms with Gasteiger partial charge in [0.15, 0.2) is 0 Å². The third kappa shape index (κ3) is 3.83. The summed E-state index contributed by atoms with van der Waals surface area (Å²) in [6.45, 7) is 1.29. The summed E-state index contributed by atoms with van der Waals surface area (Å²) in [5.74, 6) is 1.04. The van der Waals surface area contributed by atoms with E-state index in [0.29, 0.717) is 6.61 Å². The van der Waals surface area contributed by atoms with Gasteiger partial charge in [0.05, 0.1) is 6.07 Å². The van der Waals surface area contributed by atoms with Crippen molar-refractivity contribution < 1.29 is 9.53 Å². The topological polar surface area (TPSA) is 53.3 Å². The highest BCUT2D eigenvalue weighted by molar-refractivity contribution is 5.80. The highest BCUT2D eigenvalue weighted by atomic mass is 16.5. The van der Waals surface area contributed by atoms with Gasteiger partial charge in [0.25, 0.3) is 0 Å². The molecule has 1 heterocycles. The monoisotopic (exact) mass is 360 g/mol. The van der Waals surface area contributed by atoms with Crippen LogP contribution in [0.15, 0.2) is 48.5 Å². The number of benzene rings is 2. The molecule has 0 radical (unpaired) electrons. The van der Waals surface area contributed by atoms with Gasteiger partial charge in [-0.3, -0.25) is 4.79 Å². The predicted molar refractivity (Wildman–Crippen MR) is 103 cm³/mol. The van der Waals surface area contributed by atoms with Crippen molar-refractivity contribution in [3.05, 3.63) is 65.2 Å². The second-order valence-corrected chi connectivity index (χ2v) is 7.46. The van der Waals surface area contributed by atoms with Crippen LogP contribution in [0.2, 0.25) is 0 Å². The molecule has 2 aliphatic rings. The zero-order valence-corrected chi connectivity index (χ0v) is 15.4. The Kier molecular flexibility index (Phi) is 5.11. The van der Waals surface area contributed by atoms with E-state index < -0.39 is 0 Å². The van der Waals surface area contributed by atoms with Crippen LogP contribution in [0.4, 0.5) is 0 Å². The van der Waals surface area contributed by atoms with Crippen LogP contribution in [-0.2, 0) is 24.2 Å². The van der Waals surface area contributed by atoms with E-state index in [0.717, 1.165) is 50.0 Å². The van der Waals surface area contributed by atoms with Crippen LogP contribution in [0, 0.1) is 17.2 Å². The third-order valence-electron chi connectivity index (χ3n) is 5.69. The molecule has 4 rings (SSSR count). The number of likely N-dealkylation sites (tertiary alicyclic amines) is 1. The van der Waals surface area contributed by atoms with Gasteiger partial charge in [-0.2, -0.15) is 5.26 Å². The Balaban J connectivity index is 1.40. The fourth-order valence-corrected chi connectivity index (χ4v) is 4.17. The molecule has 4 nitrogen and oxygen atoms in total. The molecule has 138 valence electrons. The summed E-state index contributed by atoms with van der Waals surface area (Å²) in [6.07, 6.45) is 4.26. The Morgan fingerprint density at radius 1 is 1.15 bits per heavy atom. The van der Waals surface area contributed by atoms with Crippen molar-refractivity contribution >= 4 is 5.91 Å². The number of nitriles is 1. The molecule has 1 saturated heterocycles. The maximum Gasteiger partial charge on any atom is 0.227 e. The molecule has 27 heavy (non-hydrogen) atoms. The van der Waals surface area contributed by atoms with Crippen molar-refractivity contribution in [1.29, 1.82) is 5.26 Å². The number of hydrogen-bond donors (Lipinski definition) is 0. The Morgan fingerprint density at radius 3 is 2.81 bits per heavy atom. The van der Waals surface area contributed by atoms with E-state index in [1.807, 2.05) is 24.3 Å². The second-order valence-electron chi connectivity index (χ2n) is 7.46. The van der Waals surface area contributed by atoms with Gasteiger partial charge < -0.3 is 9.64 Å². The fraction of sp³-hybridized carbons (Fsp3) is 0.391. The number of amides is 1. The van der Waals surface area contributed by atoms with Crippen LogP contribution < -0.4 is 4.74 Å². The van der Waals surface area contributed by atoms with Gasteiger partial charge in [-0.1, -0.05) is 36.4 Å². The van der Waals surface area contributed by atoms with Crippen LogP contribution >= 0.6 is 0 Å². The van der Waals surface area contributed by atoms with Crippen molar-refractivity contribution in [2.75, 3.05) is 6.54 Å². The molecule has 1 aliphatic carbocycles. The molecular weight excluding hydrogens is 336 g/mol. The van der Waals surface area contributed by atoms with Crippen molar-refractivity contribution in [3.8, 4) is 11.8 Å². The first-order valence-electron chi connectivity index (χ1n) is 9.73. The van der Waals surface area contributed by atoms with Gasteiger partial charge in [-0.15, -0.1) is 0 Å². The van der Waals surface area contributed by atoms with Crippen molar-refractivity contribution in [2.45, 2.75) is 44.8 Å². The van der Waals surface area contributed by atoms with Crippen LogP contribution in [0.25, 0.3) is 0 Å². The lowest BCUT2D eigenvalue weighted by Gasteiger charge is -2.29. The van der Waals surface area contributed by atoms with Crippen LogP contribution in [0.3, 0.4) is 0 Å². The molecule has 2 aromatic carbocycles. The van der Waals surface area contributed by atoms with E-state index >= 15 is 0 Å². The number of fused-ring (bicyclic) bond motifs is 1. The van der Waals surface area contributed by atoms with Crippen LogP contribution in [0.5, 0.6) is 5.75 Å². The zero-order chi connectivity index (χ0) is 18.6. The molecular formula is C23H24N2O2. The largest absolute Gasteiger partial charge is 0.489 e. The van der Waals surface area contributed by atoms with Crippen molar-refractivity contribution in [2.24, 2.45) is 5.92 Å². The summed E-state index contributed by atoms with van der Waals surface area (Å²) >= 11 is 0. The highest BCUT2D eigenvalue weighted by Crippen LogP contribution is 2.31. The molecule has 2 aromatic rings. The SMILES string of the molecule is N#CC1CCCN1C(=O)[C@H]1CCc2cc(OCc3ccccc3)ccc2C1. The first kappa shape index (κ1) is 17.6. The van der Waals surface area contributed by atoms with Gasteiger partial charge in [0.1, 0.15) is 18.4 Å². The number of carbonyl (C=O) groups excluding carboxylic acids is 1. The van der Waals surface area contributed by atoms with Gasteiger partial charge >= 0.3 is 0 Å². The lowest BCUT2D eigenvalue weighted by Crippen LogP contribution is -2.40. The number of aryl methyl sites for hydroxylation is 1. The number of hydrogen-bond acceptors (Lipinski definition) is 3. The van der Waals surface area contributed by atoms with E-state index in [1.165, 1.54) is 11.1 Å². The van der Waals surface area contributed by atoms with Gasteiger partial charge in [-0.05, 0) is 60.9 Å². The smallest absolute Gasteiger partial charge is 0.227 e. The summed E-state index contributed by atoms with van der Waals surface area (Å²) < 4.78 is 5.93. The Labute approximate surface area is 160 Å². The molecule has 0 N–H and O–H groups in total. The molecule has 1 amide bonds. The molecule has 0 bridgehead atoms. The van der Waals surface area contributed by atoms with E-state index in [9.17, 15) is 10.1 Å². The lowest BCUT2D eigenvalue weighted by atomic mass is 9.83. The van der Waals surface area contributed by atoms with Gasteiger partial charge in [0, 0.05) is 12.5 Å². The number of nitrogens with zero attached hydrogens (tertiary/aromatic N) is 2. The summed E-state index contributed by atoms with van der Waals surface area (Å²) in [5, 5.41) is 9.25. The first-order chi connectivity index (χ1) is 13.2. The fourth-order valence-electron chi connectivity index (χ4n) is 4.17. The number of ether oxygens (including phenoxy) is 1. The second kappa shape index (κ2) is 7.84. The lowest BCUT2D eigenvalue weighted by molar-refractivity contribution is -0.135. The van der Waals surface area contributed by atoms with Crippen LogP contribution in [0.1, 0.15) is 36.0 Å². The van der Waals surface area contributed by atoms with E-state index in [2.05, 4.69) is 30.3 Å². The van der Waals surface area contributed by atoms with Crippen LogP contribution in [-0.4, -0.2) is 23.4 Å². The van der Waals surface area contributed by atoms with Gasteiger partial charge in [0.2, 0.25) is 5.91 Å². The molecule has 1 fully saturated rings. The van der Waals surface area contributed by atoms with E-state index in [-0.39, 0.29) is 17.9 Å². The Morgan fingerprint density at radius 2 is 2.00 bits per heavy atom. The van der Waals surface area contributed by atoms with E-state index in [1.54, 1.807) is 4.90 Å². The summed E-state index contributed by atoms with van der Waals surface area (Å²) in [5.41, 5.74) is 3.67. The van der Waals surface area contributed by atoms with Crippen molar-refractivity contribution in [3.63, 3.8) is 0 Å². The minimum absolute atomic E-state index is 0.00235. The predicted octanol–water partition coefficient (Wildman–Crippen LogP) is 3.89. The molecule has 0 aromatic heterocycles. The zero-order valence-electron chi connectivity index (χ0n) is 15.4. The normalized spacial score (nSPS) is 21.4. The maximum absolute atomic E-state index is 12.9. The Bertz CT molecular complexity index is 856. The average Bonchev–Trinajstić information content (AvgIpc) is 3.21. The first-order valence-corrected chi connectivity index (χ1v) is 9.73. The van der Waals surface area contributed by atoms with Gasteiger partial charge in [-0.25, -0.2) is 0 Å². The Hall–Kier alpha value is -2.80. The quantitative estimate of drug-likeness (QED) is 0.831. The standard InChI is InChI=1S/C23H24N2O2/c24-15-21-7-4-12-25(21)23(26)20-9-8-19-14-22(11-10-18(19)13-20)27-16-17-5-2-1-3-6-17/h1-3,5-6,10-11,14,20-21H,4,7-9,12-13,16H2/t20-,21?/m0/s1. The molecule has 4 heteroatoms. The van der Waals surface area contributed by atoms with E-state index in [4.69, 9.17) is 4.74 Å². The minimum Gasteiger partial charge on any atom is -0.489 e. The summed E-state index contributed by atoms with van der Waals surface area (Å²) in [6, 6.07) is 18.4. The molecule has 1 aliphatic heterocycles. The highest BCUT2D eigenvalue weighted by Gasteiger charge is 2.34. The maximum atomic E-state index is 12.9. The molecule has 0 spiro atoms. The average molecular weight is 360 g/mol. The summed E-state index contributed by atoms with van der Waals surface area (Å²) in [7, 11) is 0. The molecule has 0 saturated carbocycles. The van der Waals surface area contributed by atoms with Crippen molar-refractivity contribution in [1.82, 2.24) is 4.90 Å².